The van der Waals surface area contributed by atoms with E-state index in [9.17, 15) is 9.18 Å². The Balaban J connectivity index is 1.41. The van der Waals surface area contributed by atoms with E-state index in [1.54, 1.807) is 24.4 Å². The quantitative estimate of drug-likeness (QED) is 0.927. The second-order valence-electron chi connectivity index (χ2n) is 6.44. The molecule has 1 amide bonds. The topological polar surface area (TPSA) is 54.5 Å². The van der Waals surface area contributed by atoms with E-state index in [0.717, 1.165) is 25.2 Å². The van der Waals surface area contributed by atoms with Crippen molar-refractivity contribution >= 4 is 11.6 Å². The van der Waals surface area contributed by atoms with Gasteiger partial charge in [0.05, 0.1) is 13.2 Å². The second kappa shape index (κ2) is 6.80. The molecule has 2 heterocycles. The lowest BCUT2D eigenvalue weighted by atomic mass is 10.1. The van der Waals surface area contributed by atoms with Crippen LogP contribution in [0.3, 0.4) is 0 Å². The molecule has 2 atom stereocenters. The lowest BCUT2D eigenvalue weighted by molar-refractivity contribution is 0.0945. The average Bonchev–Trinajstić information content (AvgIpc) is 3.42. The normalized spacial score (nSPS) is 22.5. The highest BCUT2D eigenvalue weighted by molar-refractivity contribution is 5.93. The maximum absolute atomic E-state index is 13.8. The predicted octanol–water partition coefficient (Wildman–Crippen LogP) is 2.34. The number of hydrogen-bond acceptors (Lipinski definition) is 4. The first-order chi connectivity index (χ1) is 12.2. The number of amides is 1. The lowest BCUT2D eigenvalue weighted by Crippen LogP contribution is -2.36. The Hall–Kier alpha value is -2.47. The van der Waals surface area contributed by atoms with Gasteiger partial charge in [-0.05, 0) is 30.2 Å². The Labute approximate surface area is 145 Å². The van der Waals surface area contributed by atoms with Gasteiger partial charge in [-0.2, -0.15) is 0 Å². The lowest BCUT2D eigenvalue weighted by Gasteiger charge is -2.28. The van der Waals surface area contributed by atoms with Crippen molar-refractivity contribution in [3.05, 3.63) is 59.7 Å². The summed E-state index contributed by atoms with van der Waals surface area (Å²) in [7, 11) is 0. The van der Waals surface area contributed by atoms with Crippen molar-refractivity contribution < 1.29 is 13.9 Å². The highest BCUT2D eigenvalue weighted by Gasteiger charge is 2.41. The largest absolute Gasteiger partial charge is 0.378 e. The van der Waals surface area contributed by atoms with Gasteiger partial charge in [0.1, 0.15) is 11.5 Å². The van der Waals surface area contributed by atoms with Crippen LogP contribution >= 0.6 is 0 Å². The number of aromatic nitrogens is 1. The van der Waals surface area contributed by atoms with Crippen LogP contribution in [0, 0.1) is 5.82 Å². The number of ether oxygens (including phenoxy) is 1. The standard InChI is InChI=1S/C19H20FN3O2/c20-16-4-2-1-3-14(16)15-12-17(15)22-19(24)18-11-13(5-6-21-18)23-7-9-25-10-8-23/h1-6,11,15,17H,7-10,12H2,(H,22,24)/t15-,17+/m1/s1. The molecule has 130 valence electrons. The van der Waals surface area contributed by atoms with Crippen LogP contribution in [0.25, 0.3) is 0 Å². The number of rotatable bonds is 4. The monoisotopic (exact) mass is 341 g/mol. The Morgan fingerprint density at radius 1 is 1.24 bits per heavy atom. The van der Waals surface area contributed by atoms with E-state index < -0.39 is 0 Å². The highest BCUT2D eigenvalue weighted by Crippen LogP contribution is 2.41. The van der Waals surface area contributed by atoms with Gasteiger partial charge in [0.15, 0.2) is 0 Å². The zero-order valence-corrected chi connectivity index (χ0v) is 13.8. The smallest absolute Gasteiger partial charge is 0.270 e. The van der Waals surface area contributed by atoms with E-state index >= 15 is 0 Å². The van der Waals surface area contributed by atoms with Crippen LogP contribution in [0.4, 0.5) is 10.1 Å². The fraction of sp³-hybridized carbons (Fsp3) is 0.368. The molecule has 1 aliphatic carbocycles. The zero-order valence-electron chi connectivity index (χ0n) is 13.8. The number of pyridine rings is 1. The molecule has 1 N–H and O–H groups in total. The van der Waals surface area contributed by atoms with E-state index in [0.29, 0.717) is 24.5 Å². The van der Waals surface area contributed by atoms with Crippen molar-refractivity contribution in [3.63, 3.8) is 0 Å². The maximum atomic E-state index is 13.8. The predicted molar refractivity (Wildman–Crippen MR) is 92.3 cm³/mol. The minimum absolute atomic E-state index is 0.0294. The number of nitrogens with zero attached hydrogens (tertiary/aromatic N) is 2. The molecule has 0 bridgehead atoms. The minimum atomic E-state index is -0.211. The first-order valence-electron chi connectivity index (χ1n) is 8.56. The Bertz CT molecular complexity index is 777. The summed E-state index contributed by atoms with van der Waals surface area (Å²) in [5.41, 5.74) is 2.04. The molecule has 1 aliphatic heterocycles. The number of anilines is 1. The third-order valence-electron chi connectivity index (χ3n) is 4.76. The van der Waals surface area contributed by atoms with Crippen LogP contribution < -0.4 is 10.2 Å². The second-order valence-corrected chi connectivity index (χ2v) is 6.44. The van der Waals surface area contributed by atoms with Crippen molar-refractivity contribution in [2.45, 2.75) is 18.4 Å². The van der Waals surface area contributed by atoms with Crippen LogP contribution in [-0.2, 0) is 4.74 Å². The molecule has 4 rings (SSSR count). The first kappa shape index (κ1) is 16.0. The van der Waals surface area contributed by atoms with Gasteiger partial charge in [-0.1, -0.05) is 18.2 Å². The van der Waals surface area contributed by atoms with Gasteiger partial charge in [0, 0.05) is 36.9 Å². The first-order valence-corrected chi connectivity index (χ1v) is 8.56. The van der Waals surface area contributed by atoms with E-state index in [1.165, 1.54) is 6.07 Å². The molecule has 0 radical (unpaired) electrons. The summed E-state index contributed by atoms with van der Waals surface area (Å²) in [6.45, 7) is 3.00. The fourth-order valence-electron chi connectivity index (χ4n) is 3.28. The van der Waals surface area contributed by atoms with Gasteiger partial charge in [-0.15, -0.1) is 0 Å². The molecule has 2 aliphatic rings. The van der Waals surface area contributed by atoms with Crippen molar-refractivity contribution in [3.8, 4) is 0 Å². The van der Waals surface area contributed by atoms with Crippen LogP contribution in [0.15, 0.2) is 42.6 Å². The summed E-state index contributed by atoms with van der Waals surface area (Å²) < 4.78 is 19.2. The fourth-order valence-corrected chi connectivity index (χ4v) is 3.28. The summed E-state index contributed by atoms with van der Waals surface area (Å²) in [6.07, 6.45) is 2.41. The third-order valence-corrected chi connectivity index (χ3v) is 4.76. The van der Waals surface area contributed by atoms with Crippen molar-refractivity contribution in [2.75, 3.05) is 31.2 Å². The number of halogens is 1. The SMILES string of the molecule is O=C(N[C@H]1C[C@@H]1c1ccccc1F)c1cc(N2CCOCC2)ccn1. The van der Waals surface area contributed by atoms with Gasteiger partial charge in [-0.3, -0.25) is 9.78 Å². The van der Waals surface area contributed by atoms with Crippen molar-refractivity contribution in [1.82, 2.24) is 10.3 Å². The molecule has 5 nitrogen and oxygen atoms in total. The number of carbonyl (C=O) groups is 1. The van der Waals surface area contributed by atoms with Crippen molar-refractivity contribution in [1.29, 1.82) is 0 Å². The molecule has 1 aromatic carbocycles. The van der Waals surface area contributed by atoms with E-state index in [-0.39, 0.29) is 23.7 Å². The molecule has 2 aromatic rings. The third kappa shape index (κ3) is 3.49. The van der Waals surface area contributed by atoms with Crippen LogP contribution in [0.1, 0.15) is 28.4 Å². The van der Waals surface area contributed by atoms with Crippen molar-refractivity contribution in [2.24, 2.45) is 0 Å². The minimum Gasteiger partial charge on any atom is -0.378 e. The molecule has 6 heteroatoms. The Morgan fingerprint density at radius 3 is 2.84 bits per heavy atom. The average molecular weight is 341 g/mol. The molecule has 25 heavy (non-hydrogen) atoms. The summed E-state index contributed by atoms with van der Waals surface area (Å²) in [5, 5.41) is 2.96. The molecule has 0 unspecified atom stereocenters. The Kier molecular flexibility index (Phi) is 4.36. The van der Waals surface area contributed by atoms with E-state index in [1.807, 2.05) is 12.1 Å². The van der Waals surface area contributed by atoms with E-state index in [4.69, 9.17) is 4.74 Å². The zero-order chi connectivity index (χ0) is 17.2. The number of carbonyl (C=O) groups excluding carboxylic acids is 1. The number of hydrogen-bond donors (Lipinski definition) is 1. The van der Waals surface area contributed by atoms with Gasteiger partial charge in [-0.25, -0.2) is 4.39 Å². The molecule has 1 saturated carbocycles. The summed E-state index contributed by atoms with van der Waals surface area (Å²) in [4.78, 5) is 18.8. The van der Waals surface area contributed by atoms with Crippen LogP contribution in [0.2, 0.25) is 0 Å². The molecular weight excluding hydrogens is 321 g/mol. The molecule has 2 fully saturated rings. The van der Waals surface area contributed by atoms with Gasteiger partial charge < -0.3 is 15.0 Å². The van der Waals surface area contributed by atoms with Gasteiger partial charge in [0.25, 0.3) is 5.91 Å². The number of morpholine rings is 1. The summed E-state index contributed by atoms with van der Waals surface area (Å²) in [6, 6.07) is 10.4. The molecular formula is C19H20FN3O2. The molecule has 1 aromatic heterocycles. The molecule has 1 saturated heterocycles. The molecule has 0 spiro atoms. The number of nitrogens with one attached hydrogen (secondary N) is 1. The maximum Gasteiger partial charge on any atom is 0.270 e. The summed E-state index contributed by atoms with van der Waals surface area (Å²) >= 11 is 0. The van der Waals surface area contributed by atoms with Crippen LogP contribution in [-0.4, -0.2) is 43.2 Å². The van der Waals surface area contributed by atoms with Gasteiger partial charge in [0.2, 0.25) is 0 Å². The number of benzene rings is 1. The van der Waals surface area contributed by atoms with Gasteiger partial charge >= 0.3 is 0 Å². The Morgan fingerprint density at radius 2 is 2.04 bits per heavy atom. The van der Waals surface area contributed by atoms with Crippen LogP contribution in [0.5, 0.6) is 0 Å². The van der Waals surface area contributed by atoms with E-state index in [2.05, 4.69) is 15.2 Å². The summed E-state index contributed by atoms with van der Waals surface area (Å²) in [5.74, 6) is -0.372. The highest BCUT2D eigenvalue weighted by atomic mass is 19.1.